The summed E-state index contributed by atoms with van der Waals surface area (Å²) < 4.78 is 2.58. The molecular weight excluding hydrogens is 528 g/mol. The quantitative estimate of drug-likeness (QED) is 0.242. The maximum absolute atomic E-state index is 13.8. The van der Waals surface area contributed by atoms with Gasteiger partial charge in [0.15, 0.2) is 0 Å². The summed E-state index contributed by atoms with van der Waals surface area (Å²) >= 11 is 3.49. The Morgan fingerprint density at radius 3 is 2.46 bits per heavy atom. The van der Waals surface area contributed by atoms with Gasteiger partial charge in [-0.1, -0.05) is 61.0 Å². The average Bonchev–Trinajstić information content (AvgIpc) is 2.87. The highest BCUT2D eigenvalue weighted by atomic mass is 79.9. The maximum atomic E-state index is 13.8. The topological polar surface area (TPSA) is 67.2 Å². The number of nitrogens with zero attached hydrogens (tertiary/aromatic N) is 3. The lowest BCUT2D eigenvalue weighted by atomic mass is 10.1. The van der Waals surface area contributed by atoms with Crippen LogP contribution in [0.5, 0.6) is 0 Å². The van der Waals surface area contributed by atoms with Gasteiger partial charge in [-0.3, -0.25) is 9.36 Å². The Balaban J connectivity index is 1.86. The van der Waals surface area contributed by atoms with Crippen molar-refractivity contribution >= 4 is 38.6 Å². The summed E-state index contributed by atoms with van der Waals surface area (Å²) in [4.78, 5) is 34.4. The van der Waals surface area contributed by atoms with Crippen molar-refractivity contribution in [2.75, 3.05) is 11.9 Å². The van der Waals surface area contributed by atoms with Crippen molar-refractivity contribution in [3.8, 4) is 5.69 Å². The van der Waals surface area contributed by atoms with E-state index in [4.69, 9.17) is 4.98 Å². The molecule has 0 fully saturated rings. The van der Waals surface area contributed by atoms with Crippen molar-refractivity contribution in [1.29, 1.82) is 0 Å². The van der Waals surface area contributed by atoms with Gasteiger partial charge < -0.3 is 10.2 Å². The number of amides is 2. The molecule has 4 rings (SSSR count). The van der Waals surface area contributed by atoms with Gasteiger partial charge in [-0.15, -0.1) is 0 Å². The van der Waals surface area contributed by atoms with Crippen molar-refractivity contribution in [3.05, 3.63) is 99.0 Å². The second-order valence-corrected chi connectivity index (χ2v) is 10.6. The molecule has 0 aliphatic rings. The van der Waals surface area contributed by atoms with E-state index >= 15 is 0 Å². The predicted octanol–water partition coefficient (Wildman–Crippen LogP) is 7.49. The lowest BCUT2D eigenvalue weighted by Crippen LogP contribution is -2.41. The van der Waals surface area contributed by atoms with Crippen molar-refractivity contribution in [2.45, 2.75) is 46.6 Å². The molecule has 3 aromatic carbocycles. The summed E-state index contributed by atoms with van der Waals surface area (Å²) in [5.74, 6) is 0.960. The van der Waals surface area contributed by atoms with Crippen LogP contribution in [-0.2, 0) is 0 Å². The molecule has 0 saturated heterocycles. The summed E-state index contributed by atoms with van der Waals surface area (Å²) in [7, 11) is 0. The number of hydrogen-bond donors (Lipinski definition) is 1. The first-order valence-corrected chi connectivity index (χ1v) is 13.5. The van der Waals surface area contributed by atoms with Crippen molar-refractivity contribution in [3.63, 3.8) is 0 Å². The fraction of sp³-hybridized carbons (Fsp3) is 0.300. The molecule has 1 atom stereocenters. The number of benzene rings is 3. The number of halogens is 1. The van der Waals surface area contributed by atoms with Gasteiger partial charge in [0.2, 0.25) is 0 Å². The molecule has 0 saturated carbocycles. The van der Waals surface area contributed by atoms with Crippen LogP contribution in [0.4, 0.5) is 10.5 Å². The highest BCUT2D eigenvalue weighted by Gasteiger charge is 2.29. The summed E-state index contributed by atoms with van der Waals surface area (Å²) in [6.45, 7) is 8.85. The number of hydrogen-bond acceptors (Lipinski definition) is 3. The Morgan fingerprint density at radius 2 is 1.78 bits per heavy atom. The number of fused-ring (bicyclic) bond motifs is 1. The first-order chi connectivity index (χ1) is 17.8. The molecule has 1 aromatic heterocycles. The second kappa shape index (κ2) is 11.7. The Morgan fingerprint density at radius 1 is 1.05 bits per heavy atom. The van der Waals surface area contributed by atoms with Crippen LogP contribution in [0.1, 0.15) is 51.0 Å². The SMILES string of the molecule is CCC(c1nc2ccccc2c(=O)n1-c1ccc(Br)cc1)N(CCC(C)C)C(=O)Nc1cccc(C)c1. The summed E-state index contributed by atoms with van der Waals surface area (Å²) in [5.41, 5.74) is 2.99. The van der Waals surface area contributed by atoms with Crippen LogP contribution >= 0.6 is 15.9 Å². The molecule has 1 unspecified atom stereocenters. The Bertz CT molecular complexity index is 1450. The number of aromatic nitrogens is 2. The van der Waals surface area contributed by atoms with E-state index in [1.807, 2.05) is 85.5 Å². The number of aryl methyl sites for hydroxylation is 1. The molecule has 0 radical (unpaired) electrons. The van der Waals surface area contributed by atoms with Gasteiger partial charge >= 0.3 is 6.03 Å². The summed E-state index contributed by atoms with van der Waals surface area (Å²) in [6.07, 6.45) is 1.43. The number of anilines is 1. The first kappa shape index (κ1) is 26.6. The molecule has 6 nitrogen and oxygen atoms in total. The third kappa shape index (κ3) is 6.10. The number of carbonyl (C=O) groups excluding carboxylic acids is 1. The zero-order chi connectivity index (χ0) is 26.5. The third-order valence-corrected chi connectivity index (χ3v) is 6.95. The first-order valence-electron chi connectivity index (χ1n) is 12.7. The monoisotopic (exact) mass is 560 g/mol. The van der Waals surface area contributed by atoms with Gasteiger partial charge in [0.05, 0.1) is 22.6 Å². The minimum atomic E-state index is -0.412. The van der Waals surface area contributed by atoms with E-state index in [9.17, 15) is 9.59 Å². The van der Waals surface area contributed by atoms with Gasteiger partial charge in [-0.05, 0) is 79.8 Å². The lowest BCUT2D eigenvalue weighted by Gasteiger charge is -2.33. The van der Waals surface area contributed by atoms with Gasteiger partial charge in [0.1, 0.15) is 5.82 Å². The second-order valence-electron chi connectivity index (χ2n) is 9.70. The van der Waals surface area contributed by atoms with Crippen LogP contribution in [-0.4, -0.2) is 27.0 Å². The van der Waals surface area contributed by atoms with Crippen LogP contribution in [0.2, 0.25) is 0 Å². The zero-order valence-electron chi connectivity index (χ0n) is 21.7. The van der Waals surface area contributed by atoms with Gasteiger partial charge in [0.25, 0.3) is 5.56 Å². The van der Waals surface area contributed by atoms with Crippen molar-refractivity contribution in [2.24, 2.45) is 5.92 Å². The third-order valence-electron chi connectivity index (χ3n) is 6.42. The van der Waals surface area contributed by atoms with E-state index in [-0.39, 0.29) is 11.6 Å². The van der Waals surface area contributed by atoms with Gasteiger partial charge in [0, 0.05) is 16.7 Å². The molecule has 4 aromatic rings. The number of rotatable bonds is 8. The molecule has 2 amide bonds. The summed E-state index contributed by atoms with van der Waals surface area (Å²) in [6, 6.07) is 22.1. The number of para-hydroxylation sites is 1. The highest BCUT2D eigenvalue weighted by Crippen LogP contribution is 2.28. The number of nitrogens with one attached hydrogen (secondary N) is 1. The van der Waals surface area contributed by atoms with Crippen LogP contribution in [0, 0.1) is 12.8 Å². The fourth-order valence-corrected chi connectivity index (χ4v) is 4.73. The van der Waals surface area contributed by atoms with Crippen LogP contribution in [0.25, 0.3) is 16.6 Å². The van der Waals surface area contributed by atoms with E-state index < -0.39 is 6.04 Å². The maximum Gasteiger partial charge on any atom is 0.322 e. The Labute approximate surface area is 226 Å². The Hall–Kier alpha value is -3.45. The molecule has 1 N–H and O–H groups in total. The average molecular weight is 562 g/mol. The normalized spacial score (nSPS) is 12.1. The van der Waals surface area contributed by atoms with Crippen LogP contribution in [0.15, 0.2) is 82.1 Å². The van der Waals surface area contributed by atoms with E-state index in [1.165, 1.54) is 0 Å². The predicted molar refractivity (Wildman–Crippen MR) is 154 cm³/mol. The van der Waals surface area contributed by atoms with E-state index in [1.54, 1.807) is 10.6 Å². The molecular formula is C30H33BrN4O2. The zero-order valence-corrected chi connectivity index (χ0v) is 23.3. The highest BCUT2D eigenvalue weighted by molar-refractivity contribution is 9.10. The van der Waals surface area contributed by atoms with E-state index in [0.29, 0.717) is 41.3 Å². The van der Waals surface area contributed by atoms with Gasteiger partial charge in [-0.25, -0.2) is 9.78 Å². The Kier molecular flexibility index (Phi) is 8.44. The lowest BCUT2D eigenvalue weighted by molar-refractivity contribution is 0.176. The molecule has 0 aliphatic carbocycles. The standard InChI is InChI=1S/C30H33BrN4O2/c1-5-27(34(18-17-20(2)3)30(37)32-23-10-8-9-21(4)19-23)28-33-26-12-7-6-11-25(26)29(36)35(28)24-15-13-22(31)14-16-24/h6-16,19-20,27H,5,17-18H2,1-4H3,(H,32,37). The van der Waals surface area contributed by atoms with Crippen molar-refractivity contribution in [1.82, 2.24) is 14.5 Å². The molecule has 0 spiro atoms. The molecule has 0 aliphatic heterocycles. The van der Waals surface area contributed by atoms with Crippen LogP contribution in [0.3, 0.4) is 0 Å². The minimum Gasteiger partial charge on any atom is -0.314 e. The molecule has 1 heterocycles. The fourth-order valence-electron chi connectivity index (χ4n) is 4.47. The molecule has 7 heteroatoms. The summed E-state index contributed by atoms with van der Waals surface area (Å²) in [5, 5.41) is 3.62. The molecule has 0 bridgehead atoms. The van der Waals surface area contributed by atoms with Gasteiger partial charge in [-0.2, -0.15) is 0 Å². The molecule has 37 heavy (non-hydrogen) atoms. The van der Waals surface area contributed by atoms with Crippen molar-refractivity contribution < 1.29 is 4.79 Å². The largest absolute Gasteiger partial charge is 0.322 e. The smallest absolute Gasteiger partial charge is 0.314 e. The van der Waals surface area contributed by atoms with E-state index in [2.05, 4.69) is 35.1 Å². The van der Waals surface area contributed by atoms with E-state index in [0.717, 1.165) is 22.1 Å². The van der Waals surface area contributed by atoms with Crippen LogP contribution < -0.4 is 10.9 Å². The minimum absolute atomic E-state index is 0.149. The number of carbonyl (C=O) groups is 1. The number of urea groups is 1. The molecule has 192 valence electrons.